The van der Waals surface area contributed by atoms with Crippen LogP contribution in [0.25, 0.3) is 0 Å². The number of methoxy groups -OCH3 is 1. The third-order valence-corrected chi connectivity index (χ3v) is 3.06. The van der Waals surface area contributed by atoms with Gasteiger partial charge in [0, 0.05) is 13.2 Å². The van der Waals surface area contributed by atoms with Crippen LogP contribution in [0, 0.1) is 5.92 Å². The summed E-state index contributed by atoms with van der Waals surface area (Å²) in [5, 5.41) is 3.27. The van der Waals surface area contributed by atoms with E-state index >= 15 is 0 Å². The average Bonchev–Trinajstić information content (AvgIpc) is 2.34. The van der Waals surface area contributed by atoms with E-state index in [2.05, 4.69) is 19.2 Å². The normalized spacial score (nSPS) is 22.5. The van der Waals surface area contributed by atoms with Crippen molar-refractivity contribution in [1.29, 1.82) is 0 Å². The number of nitrogens with one attached hydrogen (secondary N) is 1. The summed E-state index contributed by atoms with van der Waals surface area (Å²) in [6.07, 6.45) is 4.52. The summed E-state index contributed by atoms with van der Waals surface area (Å²) in [6, 6.07) is -0.203. The number of esters is 1. The molecule has 0 radical (unpaired) electrons. The van der Waals surface area contributed by atoms with Crippen molar-refractivity contribution in [1.82, 2.24) is 5.32 Å². The predicted molar refractivity (Wildman–Crippen MR) is 66.9 cm³/mol. The Morgan fingerprint density at radius 3 is 2.76 bits per heavy atom. The van der Waals surface area contributed by atoms with Crippen molar-refractivity contribution < 1.29 is 14.3 Å². The van der Waals surface area contributed by atoms with Crippen molar-refractivity contribution >= 4 is 5.97 Å². The van der Waals surface area contributed by atoms with Crippen molar-refractivity contribution in [3.05, 3.63) is 0 Å². The lowest BCUT2D eigenvalue weighted by Gasteiger charge is -2.25. The Balaban J connectivity index is 2.34. The van der Waals surface area contributed by atoms with E-state index in [1.54, 1.807) is 0 Å². The lowest BCUT2D eigenvalue weighted by atomic mass is 10.0. The van der Waals surface area contributed by atoms with Crippen LogP contribution < -0.4 is 5.32 Å². The lowest BCUT2D eigenvalue weighted by Crippen LogP contribution is -2.43. The second-order valence-corrected chi connectivity index (χ2v) is 5.10. The van der Waals surface area contributed by atoms with Crippen LogP contribution in [-0.2, 0) is 14.3 Å². The predicted octanol–water partition coefficient (Wildman–Crippen LogP) is 1.73. The monoisotopic (exact) mass is 243 g/mol. The number of carbonyl (C=O) groups is 1. The van der Waals surface area contributed by atoms with Crippen molar-refractivity contribution in [2.75, 3.05) is 20.3 Å². The fraction of sp³-hybridized carbons (Fsp3) is 0.923. The van der Waals surface area contributed by atoms with Gasteiger partial charge in [0.2, 0.25) is 0 Å². The van der Waals surface area contributed by atoms with Gasteiger partial charge < -0.3 is 14.8 Å². The van der Waals surface area contributed by atoms with Crippen LogP contribution >= 0.6 is 0 Å². The Kier molecular flexibility index (Phi) is 6.52. The van der Waals surface area contributed by atoms with Gasteiger partial charge >= 0.3 is 5.97 Å². The second-order valence-electron chi connectivity index (χ2n) is 5.10. The minimum absolute atomic E-state index is 0.172. The molecule has 4 nitrogen and oxygen atoms in total. The molecule has 4 heteroatoms. The number of ether oxygens (including phenoxy) is 2. The van der Waals surface area contributed by atoms with Crippen LogP contribution in [0.4, 0.5) is 0 Å². The van der Waals surface area contributed by atoms with E-state index in [-0.39, 0.29) is 18.1 Å². The molecule has 0 bridgehead atoms. The molecule has 1 saturated heterocycles. The zero-order valence-electron chi connectivity index (χ0n) is 11.2. The first kappa shape index (κ1) is 14.5. The topological polar surface area (TPSA) is 47.6 Å². The Hall–Kier alpha value is -0.610. The van der Waals surface area contributed by atoms with Crippen molar-refractivity contribution in [2.24, 2.45) is 5.92 Å². The van der Waals surface area contributed by atoms with E-state index in [9.17, 15) is 4.79 Å². The zero-order chi connectivity index (χ0) is 12.7. The molecule has 1 aliphatic rings. The quantitative estimate of drug-likeness (QED) is 0.722. The molecule has 1 heterocycles. The third kappa shape index (κ3) is 5.50. The molecule has 0 aliphatic carbocycles. The number of hydrogen-bond donors (Lipinski definition) is 1. The Bertz CT molecular complexity index is 225. The highest BCUT2D eigenvalue weighted by molar-refractivity contribution is 5.75. The summed E-state index contributed by atoms with van der Waals surface area (Å²) in [6.45, 7) is 5.80. The van der Waals surface area contributed by atoms with Crippen molar-refractivity contribution in [3.8, 4) is 0 Å². The van der Waals surface area contributed by atoms with E-state index in [4.69, 9.17) is 9.47 Å². The van der Waals surface area contributed by atoms with E-state index in [1.807, 2.05) is 0 Å². The van der Waals surface area contributed by atoms with Gasteiger partial charge in [0.25, 0.3) is 0 Å². The molecule has 0 aromatic carbocycles. The maximum absolute atomic E-state index is 11.6. The highest BCUT2D eigenvalue weighted by atomic mass is 16.5. The number of hydrogen-bond acceptors (Lipinski definition) is 4. The third-order valence-electron chi connectivity index (χ3n) is 3.06. The molecule has 0 saturated carbocycles. The molecule has 1 rings (SSSR count). The standard InChI is InChI=1S/C13H25NO3/c1-10(2)8-12(13(15)16-3)14-9-11-6-4-5-7-17-11/h10-12,14H,4-9H2,1-3H3. The summed E-state index contributed by atoms with van der Waals surface area (Å²) in [7, 11) is 1.44. The second kappa shape index (κ2) is 7.67. The Labute approximate surface area is 104 Å². The first-order valence-corrected chi connectivity index (χ1v) is 6.56. The summed E-state index contributed by atoms with van der Waals surface area (Å²) in [5.41, 5.74) is 0. The van der Waals surface area contributed by atoms with Crippen molar-refractivity contribution in [3.63, 3.8) is 0 Å². The fourth-order valence-corrected chi connectivity index (χ4v) is 2.12. The van der Waals surface area contributed by atoms with Gasteiger partial charge in [-0.15, -0.1) is 0 Å². The van der Waals surface area contributed by atoms with Crippen LogP contribution in [0.2, 0.25) is 0 Å². The lowest BCUT2D eigenvalue weighted by molar-refractivity contribution is -0.143. The Morgan fingerprint density at radius 2 is 2.24 bits per heavy atom. The smallest absolute Gasteiger partial charge is 0.322 e. The maximum Gasteiger partial charge on any atom is 0.322 e. The van der Waals surface area contributed by atoms with Gasteiger partial charge in [-0.3, -0.25) is 4.79 Å². The van der Waals surface area contributed by atoms with Gasteiger partial charge in [-0.1, -0.05) is 13.8 Å². The molecular weight excluding hydrogens is 218 g/mol. The highest BCUT2D eigenvalue weighted by Crippen LogP contribution is 2.13. The summed E-state index contributed by atoms with van der Waals surface area (Å²) in [5.74, 6) is 0.299. The molecule has 2 atom stereocenters. The fourth-order valence-electron chi connectivity index (χ4n) is 2.12. The molecule has 0 amide bonds. The van der Waals surface area contributed by atoms with Gasteiger partial charge in [0.05, 0.1) is 13.2 Å². The molecule has 0 aromatic heterocycles. The first-order chi connectivity index (χ1) is 8.13. The van der Waals surface area contributed by atoms with E-state index < -0.39 is 0 Å². The van der Waals surface area contributed by atoms with Gasteiger partial charge in [-0.2, -0.15) is 0 Å². The summed E-state index contributed by atoms with van der Waals surface area (Å²) in [4.78, 5) is 11.6. The number of rotatable bonds is 6. The summed E-state index contributed by atoms with van der Waals surface area (Å²) < 4.78 is 10.4. The minimum atomic E-state index is -0.203. The largest absolute Gasteiger partial charge is 0.468 e. The average molecular weight is 243 g/mol. The summed E-state index contributed by atoms with van der Waals surface area (Å²) >= 11 is 0. The molecule has 100 valence electrons. The van der Waals surface area contributed by atoms with Gasteiger partial charge in [0.15, 0.2) is 0 Å². The molecule has 0 spiro atoms. The van der Waals surface area contributed by atoms with Crippen LogP contribution in [0.1, 0.15) is 39.5 Å². The molecule has 1 N–H and O–H groups in total. The van der Waals surface area contributed by atoms with Gasteiger partial charge in [-0.25, -0.2) is 0 Å². The van der Waals surface area contributed by atoms with Crippen LogP contribution in [0.5, 0.6) is 0 Å². The van der Waals surface area contributed by atoms with Gasteiger partial charge in [-0.05, 0) is 31.6 Å². The highest BCUT2D eigenvalue weighted by Gasteiger charge is 2.22. The van der Waals surface area contributed by atoms with E-state index in [0.29, 0.717) is 5.92 Å². The molecule has 1 aliphatic heterocycles. The zero-order valence-corrected chi connectivity index (χ0v) is 11.2. The van der Waals surface area contributed by atoms with Gasteiger partial charge in [0.1, 0.15) is 6.04 Å². The van der Waals surface area contributed by atoms with Crippen molar-refractivity contribution in [2.45, 2.75) is 51.7 Å². The minimum Gasteiger partial charge on any atom is -0.468 e. The first-order valence-electron chi connectivity index (χ1n) is 6.56. The molecule has 0 aromatic rings. The SMILES string of the molecule is COC(=O)C(CC(C)C)NCC1CCCCO1. The van der Waals surface area contributed by atoms with Crippen LogP contribution in [0.15, 0.2) is 0 Å². The van der Waals surface area contributed by atoms with Crippen LogP contribution in [-0.4, -0.2) is 38.4 Å². The van der Waals surface area contributed by atoms with E-state index in [0.717, 1.165) is 32.4 Å². The molecule has 1 fully saturated rings. The van der Waals surface area contributed by atoms with Crippen LogP contribution in [0.3, 0.4) is 0 Å². The van der Waals surface area contributed by atoms with E-state index in [1.165, 1.54) is 13.5 Å². The molecular formula is C13H25NO3. The molecule has 2 unspecified atom stereocenters. The maximum atomic E-state index is 11.6. The number of carbonyl (C=O) groups excluding carboxylic acids is 1. The Morgan fingerprint density at radius 1 is 1.47 bits per heavy atom. The molecule has 17 heavy (non-hydrogen) atoms.